The quantitative estimate of drug-likeness (QED) is 0.164. The Kier molecular flexibility index (Phi) is 8.86. The number of rotatable bonds is 4. The Bertz CT molecular complexity index is 3500. The molecular formula is C59H51BN2OS2. The van der Waals surface area contributed by atoms with Crippen LogP contribution in [0.25, 0.3) is 52.0 Å². The molecule has 2 aliphatic heterocycles. The number of anilines is 6. The first kappa shape index (κ1) is 40.2. The van der Waals surface area contributed by atoms with E-state index in [4.69, 9.17) is 4.42 Å². The molecule has 5 heterocycles. The Morgan fingerprint density at radius 3 is 1.75 bits per heavy atom. The highest BCUT2D eigenvalue weighted by molar-refractivity contribution is 7.22. The molecule has 0 atom stereocenters. The molecule has 318 valence electrons. The zero-order chi connectivity index (χ0) is 44.7. The first-order valence-electron chi connectivity index (χ1n) is 22.8. The van der Waals surface area contributed by atoms with Gasteiger partial charge < -0.3 is 9.32 Å². The van der Waals surface area contributed by atoms with Gasteiger partial charge in [-0.25, -0.2) is 0 Å². The van der Waals surface area contributed by atoms with E-state index in [0.29, 0.717) is 0 Å². The number of benzene rings is 7. The number of hydrogen-bond donors (Lipinski definition) is 0. The van der Waals surface area contributed by atoms with Crippen molar-refractivity contribution in [1.82, 2.24) is 0 Å². The number of fused-ring (bicyclic) bond motifs is 8. The van der Waals surface area contributed by atoms with E-state index in [0.717, 1.165) is 17.2 Å². The lowest BCUT2D eigenvalue weighted by atomic mass is 9.33. The van der Waals surface area contributed by atoms with Crippen LogP contribution in [-0.4, -0.2) is 6.71 Å². The van der Waals surface area contributed by atoms with Gasteiger partial charge in [-0.3, -0.25) is 4.90 Å². The zero-order valence-electron chi connectivity index (χ0n) is 38.6. The molecule has 2 aliphatic rings. The lowest BCUT2D eigenvalue weighted by molar-refractivity contribution is 0.589. The topological polar surface area (TPSA) is 19.6 Å². The van der Waals surface area contributed by atoms with E-state index < -0.39 is 0 Å². The molecule has 0 amide bonds. The van der Waals surface area contributed by atoms with Crippen LogP contribution in [0.2, 0.25) is 0 Å². The van der Waals surface area contributed by atoms with Gasteiger partial charge in [0.2, 0.25) is 5.88 Å². The Labute approximate surface area is 390 Å². The summed E-state index contributed by atoms with van der Waals surface area (Å²) in [6.45, 7) is 20.6. The van der Waals surface area contributed by atoms with Crippen molar-refractivity contribution >= 4 is 111 Å². The normalized spacial score (nSPS) is 13.5. The second-order valence-electron chi connectivity index (χ2n) is 20.4. The number of aryl methyl sites for hydroxylation is 3. The molecule has 3 aromatic heterocycles. The van der Waals surface area contributed by atoms with E-state index in [1.165, 1.54) is 113 Å². The second-order valence-corrected chi connectivity index (χ2v) is 22.6. The van der Waals surface area contributed by atoms with Gasteiger partial charge in [-0.2, -0.15) is 0 Å². The van der Waals surface area contributed by atoms with E-state index >= 15 is 0 Å². The molecule has 0 saturated heterocycles. The van der Waals surface area contributed by atoms with Gasteiger partial charge in [-0.05, 0) is 159 Å². The summed E-state index contributed by atoms with van der Waals surface area (Å²) in [5.41, 5.74) is 19.4. The van der Waals surface area contributed by atoms with Crippen molar-refractivity contribution in [1.29, 1.82) is 0 Å². The summed E-state index contributed by atoms with van der Waals surface area (Å²) in [5.74, 6) is 0.912. The summed E-state index contributed by atoms with van der Waals surface area (Å²) >= 11 is 3.73. The van der Waals surface area contributed by atoms with E-state index in [1.807, 2.05) is 22.7 Å². The van der Waals surface area contributed by atoms with Crippen LogP contribution in [0.15, 0.2) is 150 Å². The van der Waals surface area contributed by atoms with Gasteiger partial charge in [0.15, 0.2) is 0 Å². The molecule has 0 N–H and O–H groups in total. The molecule has 6 heteroatoms. The highest BCUT2D eigenvalue weighted by Gasteiger charge is 2.47. The van der Waals surface area contributed by atoms with Crippen molar-refractivity contribution in [2.45, 2.75) is 73.1 Å². The zero-order valence-corrected chi connectivity index (χ0v) is 40.2. The Hall–Kier alpha value is -6.34. The van der Waals surface area contributed by atoms with Gasteiger partial charge in [0.25, 0.3) is 6.71 Å². The maximum absolute atomic E-state index is 7.28. The van der Waals surface area contributed by atoms with E-state index in [9.17, 15) is 0 Å². The standard InChI is InChI=1S/C59H51BN2OS2/c1-34-25-47-55-48(26-34)62(56-35(2)27-42(28-36(56)3)59(7,8)9)57-54(44-33-41(58(4,5)6)22-24-49(44)63-57)60(55)45-23-21-40(53-32-39-16-11-13-20-51(39)65-53)30-46(45)61(47)43-18-14-17-37(29-43)52-31-38-15-10-12-19-50(38)64-52/h10-33H,1-9H3. The van der Waals surface area contributed by atoms with Crippen molar-refractivity contribution in [2.24, 2.45) is 0 Å². The van der Waals surface area contributed by atoms with Crippen molar-refractivity contribution in [3.63, 3.8) is 0 Å². The first-order chi connectivity index (χ1) is 31.2. The molecule has 0 bridgehead atoms. The maximum atomic E-state index is 7.28. The number of hydrogen-bond acceptors (Lipinski definition) is 5. The average molecular weight is 879 g/mol. The van der Waals surface area contributed by atoms with Gasteiger partial charge >= 0.3 is 0 Å². The van der Waals surface area contributed by atoms with Crippen LogP contribution in [0.3, 0.4) is 0 Å². The second kappa shape index (κ2) is 14.3. The third-order valence-electron chi connectivity index (χ3n) is 13.8. The minimum Gasteiger partial charge on any atom is -0.440 e. The summed E-state index contributed by atoms with van der Waals surface area (Å²) in [6.07, 6.45) is 0. The van der Waals surface area contributed by atoms with Crippen LogP contribution < -0.4 is 26.2 Å². The Morgan fingerprint density at radius 2 is 1.12 bits per heavy atom. The summed E-state index contributed by atoms with van der Waals surface area (Å²) in [7, 11) is 0. The van der Waals surface area contributed by atoms with Gasteiger partial charge in [0.1, 0.15) is 5.58 Å². The molecule has 7 aromatic carbocycles. The van der Waals surface area contributed by atoms with Crippen LogP contribution in [0.4, 0.5) is 34.3 Å². The molecule has 12 rings (SSSR count). The van der Waals surface area contributed by atoms with Gasteiger partial charge in [0.05, 0.1) is 5.69 Å². The minimum absolute atomic E-state index is 0.0146. The first-order valence-corrected chi connectivity index (χ1v) is 24.5. The molecule has 0 saturated carbocycles. The fourth-order valence-corrected chi connectivity index (χ4v) is 12.7. The molecule has 65 heavy (non-hydrogen) atoms. The summed E-state index contributed by atoms with van der Waals surface area (Å²) in [6, 6.07) is 55.2. The van der Waals surface area contributed by atoms with Crippen LogP contribution in [0.1, 0.15) is 69.4 Å². The van der Waals surface area contributed by atoms with Gasteiger partial charge in [-0.1, -0.05) is 120 Å². The fourth-order valence-electron chi connectivity index (χ4n) is 10.6. The lowest BCUT2D eigenvalue weighted by Gasteiger charge is -2.43. The molecule has 3 nitrogen and oxygen atoms in total. The van der Waals surface area contributed by atoms with Gasteiger partial charge in [0, 0.05) is 52.8 Å². The summed E-state index contributed by atoms with van der Waals surface area (Å²) < 4.78 is 9.89. The van der Waals surface area contributed by atoms with Crippen molar-refractivity contribution in [3.05, 3.63) is 173 Å². The Balaban J connectivity index is 1.17. The number of thiophene rings is 2. The van der Waals surface area contributed by atoms with Crippen LogP contribution in [-0.2, 0) is 10.8 Å². The monoisotopic (exact) mass is 878 g/mol. The molecule has 0 aliphatic carbocycles. The van der Waals surface area contributed by atoms with E-state index in [2.05, 4.69) is 218 Å². The molecule has 0 unspecified atom stereocenters. The summed E-state index contributed by atoms with van der Waals surface area (Å²) in [5, 5.41) is 3.74. The number of furan rings is 1. The molecular weight excluding hydrogens is 828 g/mol. The third-order valence-corrected chi connectivity index (χ3v) is 16.1. The largest absolute Gasteiger partial charge is 0.440 e. The number of nitrogens with zero attached hydrogens (tertiary/aromatic N) is 2. The smallest absolute Gasteiger partial charge is 0.257 e. The minimum atomic E-state index is -0.0775. The third kappa shape index (κ3) is 6.36. The van der Waals surface area contributed by atoms with Gasteiger partial charge in [-0.15, -0.1) is 22.7 Å². The van der Waals surface area contributed by atoms with Crippen molar-refractivity contribution in [3.8, 4) is 20.9 Å². The SMILES string of the molecule is Cc1cc2c3c(c1)N(c1c(C)cc(C(C)(C)C)cc1C)c1oc4ccc(C(C)(C)C)cc4c1B3c1ccc(-c3cc4ccccc4s3)cc1N2c1cccc(-c2cc3ccccc3s2)c1. The fraction of sp³-hybridized carbons (Fsp3) is 0.186. The van der Waals surface area contributed by atoms with E-state index in [1.54, 1.807) is 0 Å². The highest BCUT2D eigenvalue weighted by atomic mass is 32.1. The maximum Gasteiger partial charge on any atom is 0.257 e. The van der Waals surface area contributed by atoms with Crippen molar-refractivity contribution < 1.29 is 4.42 Å². The van der Waals surface area contributed by atoms with Crippen LogP contribution in [0, 0.1) is 20.8 Å². The molecule has 0 fully saturated rings. The highest BCUT2D eigenvalue weighted by Crippen LogP contribution is 2.50. The van der Waals surface area contributed by atoms with Crippen LogP contribution in [0.5, 0.6) is 0 Å². The van der Waals surface area contributed by atoms with Crippen LogP contribution >= 0.6 is 22.7 Å². The predicted octanol–water partition coefficient (Wildman–Crippen LogP) is 15.8. The molecule has 0 spiro atoms. The molecule has 10 aromatic rings. The van der Waals surface area contributed by atoms with E-state index in [-0.39, 0.29) is 17.5 Å². The predicted molar refractivity (Wildman–Crippen MR) is 283 cm³/mol. The average Bonchev–Trinajstić information content (AvgIpc) is 4.01. The Morgan fingerprint density at radius 1 is 0.508 bits per heavy atom. The lowest BCUT2D eigenvalue weighted by Crippen LogP contribution is -2.61. The summed E-state index contributed by atoms with van der Waals surface area (Å²) in [4.78, 5) is 7.59. The van der Waals surface area contributed by atoms with Crippen molar-refractivity contribution in [2.75, 3.05) is 9.80 Å². The molecule has 0 radical (unpaired) electrons.